The predicted octanol–water partition coefficient (Wildman–Crippen LogP) is 1.48. The molecule has 1 saturated carbocycles. The molecule has 0 bridgehead atoms. The first-order valence-electron chi connectivity index (χ1n) is 5.78. The fourth-order valence-electron chi connectivity index (χ4n) is 1.84. The lowest BCUT2D eigenvalue weighted by Crippen LogP contribution is -2.24. The predicted molar refractivity (Wildman–Crippen MR) is 55.8 cm³/mol. The molecule has 0 aromatic carbocycles. The van der Waals surface area contributed by atoms with Gasteiger partial charge in [0.15, 0.2) is 0 Å². The molecule has 1 unspecified atom stereocenters. The van der Waals surface area contributed by atoms with Crippen LogP contribution >= 0.6 is 0 Å². The SMILES string of the molecule is CC(OC(=O)OC1CCCCC1)n1n[c]nn1. The van der Waals surface area contributed by atoms with Crippen LogP contribution in [0.2, 0.25) is 0 Å². The van der Waals surface area contributed by atoms with Gasteiger partial charge in [-0.25, -0.2) is 4.79 Å². The van der Waals surface area contributed by atoms with Gasteiger partial charge in [0.2, 0.25) is 12.6 Å². The molecule has 1 aliphatic rings. The number of carbonyl (C=O) groups excluding carboxylic acids is 1. The lowest BCUT2D eigenvalue weighted by molar-refractivity contribution is -0.0331. The maximum Gasteiger partial charge on any atom is 0.510 e. The van der Waals surface area contributed by atoms with Gasteiger partial charge in [0.1, 0.15) is 6.10 Å². The number of tetrazole rings is 1. The summed E-state index contributed by atoms with van der Waals surface area (Å²) in [6.45, 7) is 1.64. The Hall–Kier alpha value is -1.66. The average Bonchev–Trinajstić information content (AvgIpc) is 2.83. The molecule has 7 nitrogen and oxygen atoms in total. The molecule has 0 amide bonds. The van der Waals surface area contributed by atoms with E-state index >= 15 is 0 Å². The molecule has 93 valence electrons. The molecule has 2 rings (SSSR count). The molecule has 1 atom stereocenters. The number of hydrogen-bond acceptors (Lipinski definition) is 6. The first kappa shape index (κ1) is 11.8. The Bertz CT molecular complexity index is 348. The van der Waals surface area contributed by atoms with Crippen LogP contribution in [0, 0.1) is 6.33 Å². The summed E-state index contributed by atoms with van der Waals surface area (Å²) >= 11 is 0. The van der Waals surface area contributed by atoms with Gasteiger partial charge in [-0.15, -0.1) is 15.0 Å². The van der Waals surface area contributed by atoms with Crippen molar-refractivity contribution in [2.75, 3.05) is 0 Å². The first-order valence-corrected chi connectivity index (χ1v) is 5.78. The first-order chi connectivity index (χ1) is 8.25. The smallest absolute Gasteiger partial charge is 0.431 e. The van der Waals surface area contributed by atoms with E-state index in [9.17, 15) is 4.79 Å². The molecule has 1 heterocycles. The van der Waals surface area contributed by atoms with Crippen LogP contribution in [0.3, 0.4) is 0 Å². The zero-order chi connectivity index (χ0) is 12.1. The Labute approximate surface area is 99.1 Å². The van der Waals surface area contributed by atoms with Crippen LogP contribution in [0.15, 0.2) is 0 Å². The summed E-state index contributed by atoms with van der Waals surface area (Å²) in [4.78, 5) is 12.6. The Morgan fingerprint density at radius 3 is 2.82 bits per heavy atom. The molecule has 0 N–H and O–H groups in total. The second-order valence-electron chi connectivity index (χ2n) is 4.05. The van der Waals surface area contributed by atoms with E-state index in [0.29, 0.717) is 0 Å². The molecule has 17 heavy (non-hydrogen) atoms. The van der Waals surface area contributed by atoms with Crippen LogP contribution in [0.25, 0.3) is 0 Å². The standard InChI is InChI=1S/C10H15N4O3/c1-8(14-12-7-11-13-14)16-10(15)17-9-5-3-2-4-6-9/h8-9H,2-6H2,1H3. The van der Waals surface area contributed by atoms with Crippen molar-refractivity contribution >= 4 is 6.16 Å². The Morgan fingerprint density at radius 1 is 1.41 bits per heavy atom. The van der Waals surface area contributed by atoms with E-state index in [1.165, 1.54) is 6.42 Å². The van der Waals surface area contributed by atoms with Crippen molar-refractivity contribution in [3.63, 3.8) is 0 Å². The minimum absolute atomic E-state index is 0.0151. The van der Waals surface area contributed by atoms with Gasteiger partial charge in [-0.05, 0) is 37.8 Å². The minimum Gasteiger partial charge on any atom is -0.431 e. The number of carbonyl (C=O) groups is 1. The minimum atomic E-state index is -0.679. The van der Waals surface area contributed by atoms with Gasteiger partial charge in [0.25, 0.3) is 0 Å². The van der Waals surface area contributed by atoms with E-state index in [1.54, 1.807) is 6.92 Å². The molecule has 7 heteroatoms. The third-order valence-corrected chi connectivity index (χ3v) is 2.74. The zero-order valence-corrected chi connectivity index (χ0v) is 9.70. The lowest BCUT2D eigenvalue weighted by Gasteiger charge is -2.22. The molecule has 0 spiro atoms. The van der Waals surface area contributed by atoms with Crippen LogP contribution in [0.5, 0.6) is 0 Å². The number of ether oxygens (including phenoxy) is 2. The monoisotopic (exact) mass is 239 g/mol. The number of rotatable bonds is 3. The normalized spacial score (nSPS) is 18.6. The summed E-state index contributed by atoms with van der Waals surface area (Å²) in [5, 5.41) is 10.6. The molecular weight excluding hydrogens is 224 g/mol. The molecule has 0 saturated heterocycles. The summed E-state index contributed by atoms with van der Waals surface area (Å²) < 4.78 is 10.2. The third kappa shape index (κ3) is 3.40. The van der Waals surface area contributed by atoms with Gasteiger partial charge in [0.05, 0.1) is 0 Å². The lowest BCUT2D eigenvalue weighted by atomic mass is 9.98. The zero-order valence-electron chi connectivity index (χ0n) is 9.70. The fourth-order valence-corrected chi connectivity index (χ4v) is 1.84. The highest BCUT2D eigenvalue weighted by molar-refractivity contribution is 5.60. The molecular formula is C10H15N4O3. The Morgan fingerprint density at radius 2 is 2.18 bits per heavy atom. The quantitative estimate of drug-likeness (QED) is 0.743. The second kappa shape index (κ2) is 5.60. The summed E-state index contributed by atoms with van der Waals surface area (Å²) in [5.41, 5.74) is 0. The maximum absolute atomic E-state index is 11.5. The molecule has 1 aromatic rings. The van der Waals surface area contributed by atoms with E-state index in [2.05, 4.69) is 21.7 Å². The topological polar surface area (TPSA) is 79.1 Å². The van der Waals surface area contributed by atoms with E-state index in [0.717, 1.165) is 30.5 Å². The van der Waals surface area contributed by atoms with Gasteiger partial charge in [0, 0.05) is 0 Å². The second-order valence-corrected chi connectivity index (χ2v) is 4.05. The Kier molecular flexibility index (Phi) is 3.89. The van der Waals surface area contributed by atoms with Crippen molar-refractivity contribution in [2.24, 2.45) is 0 Å². The van der Waals surface area contributed by atoms with E-state index in [1.807, 2.05) is 0 Å². The largest absolute Gasteiger partial charge is 0.510 e. The number of aromatic nitrogens is 4. The Balaban J connectivity index is 1.76. The summed E-state index contributed by atoms with van der Waals surface area (Å²) in [6, 6.07) is 0. The van der Waals surface area contributed by atoms with Crippen LogP contribution in [0.4, 0.5) is 4.79 Å². The van der Waals surface area contributed by atoms with Gasteiger partial charge >= 0.3 is 6.16 Å². The molecule has 1 aliphatic carbocycles. The highest BCUT2D eigenvalue weighted by Crippen LogP contribution is 2.21. The summed E-state index contributed by atoms with van der Waals surface area (Å²) in [5.74, 6) is 0. The molecule has 1 radical (unpaired) electrons. The molecule has 1 aromatic heterocycles. The maximum atomic E-state index is 11.5. The van der Waals surface area contributed by atoms with Gasteiger partial charge < -0.3 is 9.47 Å². The van der Waals surface area contributed by atoms with E-state index in [-0.39, 0.29) is 6.10 Å². The highest BCUT2D eigenvalue weighted by atomic mass is 16.7. The van der Waals surface area contributed by atoms with Crippen molar-refractivity contribution in [3.8, 4) is 0 Å². The van der Waals surface area contributed by atoms with Gasteiger partial charge in [-0.3, -0.25) is 0 Å². The highest BCUT2D eigenvalue weighted by Gasteiger charge is 2.20. The van der Waals surface area contributed by atoms with Crippen molar-refractivity contribution in [2.45, 2.75) is 51.4 Å². The molecule has 0 aliphatic heterocycles. The fraction of sp³-hybridized carbons (Fsp3) is 0.800. The summed E-state index contributed by atoms with van der Waals surface area (Å²) in [7, 11) is 0. The van der Waals surface area contributed by atoms with Crippen LogP contribution in [-0.4, -0.2) is 32.5 Å². The van der Waals surface area contributed by atoms with Crippen LogP contribution < -0.4 is 0 Å². The molecule has 1 fully saturated rings. The van der Waals surface area contributed by atoms with Gasteiger partial charge in [-0.1, -0.05) is 6.42 Å². The van der Waals surface area contributed by atoms with Crippen molar-refractivity contribution in [1.82, 2.24) is 20.2 Å². The van der Waals surface area contributed by atoms with Crippen molar-refractivity contribution < 1.29 is 14.3 Å². The van der Waals surface area contributed by atoms with Crippen LogP contribution in [0.1, 0.15) is 45.3 Å². The van der Waals surface area contributed by atoms with E-state index < -0.39 is 12.4 Å². The van der Waals surface area contributed by atoms with E-state index in [4.69, 9.17) is 9.47 Å². The van der Waals surface area contributed by atoms with Crippen LogP contribution in [-0.2, 0) is 9.47 Å². The third-order valence-electron chi connectivity index (χ3n) is 2.74. The van der Waals surface area contributed by atoms with Crippen molar-refractivity contribution in [1.29, 1.82) is 0 Å². The number of nitrogens with zero attached hydrogens (tertiary/aromatic N) is 4. The van der Waals surface area contributed by atoms with Crippen molar-refractivity contribution in [3.05, 3.63) is 6.33 Å². The van der Waals surface area contributed by atoms with Gasteiger partial charge in [-0.2, -0.15) is 0 Å². The average molecular weight is 239 g/mol. The number of hydrogen-bond donors (Lipinski definition) is 0. The summed E-state index contributed by atoms with van der Waals surface area (Å²) in [6.07, 6.45) is 6.21.